The van der Waals surface area contributed by atoms with Gasteiger partial charge in [0.15, 0.2) is 0 Å². The largest absolute Gasteiger partial charge is 0.494 e. The van der Waals surface area contributed by atoms with E-state index in [1.54, 1.807) is 36.4 Å². The van der Waals surface area contributed by atoms with Crippen LogP contribution in [0.4, 0.5) is 5.69 Å². The standard InChI is InChI=1S/C37H42BrN3O5S/c1-4-6-23-39-37(43)35(25-29-11-8-7-9-12-29)40(26-30-13-10-14-31(38)24-30)36(42)27-41(32-17-19-33(20-18-32)46-5-2)47(44,45)34-21-15-28(3)16-22-34/h7-22,24,35H,4-6,23,25-27H2,1-3H3,(H,39,43)/t35-/m1/s1. The van der Waals surface area contributed by atoms with Crippen LogP contribution in [0.5, 0.6) is 5.75 Å². The highest BCUT2D eigenvalue weighted by atomic mass is 79.9. The van der Waals surface area contributed by atoms with Crippen molar-refractivity contribution in [1.29, 1.82) is 0 Å². The lowest BCUT2D eigenvalue weighted by Gasteiger charge is -2.34. The average molecular weight is 721 g/mol. The van der Waals surface area contributed by atoms with Crippen LogP contribution in [0, 0.1) is 6.92 Å². The quantitative estimate of drug-likeness (QED) is 0.127. The van der Waals surface area contributed by atoms with E-state index in [0.717, 1.165) is 38.3 Å². The van der Waals surface area contributed by atoms with Gasteiger partial charge in [-0.2, -0.15) is 0 Å². The average Bonchev–Trinajstić information content (AvgIpc) is 3.06. The van der Waals surface area contributed by atoms with Gasteiger partial charge < -0.3 is 15.0 Å². The molecule has 0 aliphatic rings. The minimum absolute atomic E-state index is 0.0569. The first kappa shape index (κ1) is 35.7. The van der Waals surface area contributed by atoms with Crippen molar-refractivity contribution in [3.63, 3.8) is 0 Å². The Balaban J connectivity index is 1.79. The number of ether oxygens (including phenoxy) is 1. The summed E-state index contributed by atoms with van der Waals surface area (Å²) in [5, 5.41) is 3.01. The number of halogens is 1. The van der Waals surface area contributed by atoms with Crippen LogP contribution in [0.25, 0.3) is 0 Å². The Labute approximate surface area is 286 Å². The van der Waals surface area contributed by atoms with E-state index in [1.807, 2.05) is 75.4 Å². The molecule has 0 heterocycles. The molecule has 4 aromatic carbocycles. The third kappa shape index (κ3) is 9.92. The first-order chi connectivity index (χ1) is 22.6. The van der Waals surface area contributed by atoms with Crippen LogP contribution in [0.2, 0.25) is 0 Å². The van der Waals surface area contributed by atoms with Crippen LogP contribution in [-0.2, 0) is 32.6 Å². The second-order valence-electron chi connectivity index (χ2n) is 11.3. The second-order valence-corrected chi connectivity index (χ2v) is 14.0. The summed E-state index contributed by atoms with van der Waals surface area (Å²) in [5.41, 5.74) is 2.88. The lowest BCUT2D eigenvalue weighted by Crippen LogP contribution is -2.53. The van der Waals surface area contributed by atoms with E-state index in [9.17, 15) is 18.0 Å². The Bertz CT molecular complexity index is 1720. The molecule has 0 aromatic heterocycles. The van der Waals surface area contributed by atoms with Gasteiger partial charge in [0.1, 0.15) is 18.3 Å². The number of nitrogens with one attached hydrogen (secondary N) is 1. The zero-order valence-corrected chi connectivity index (χ0v) is 29.5. The smallest absolute Gasteiger partial charge is 0.264 e. The van der Waals surface area contributed by atoms with E-state index in [-0.39, 0.29) is 23.8 Å². The zero-order valence-electron chi connectivity index (χ0n) is 27.1. The van der Waals surface area contributed by atoms with Gasteiger partial charge in [0.05, 0.1) is 17.2 Å². The summed E-state index contributed by atoms with van der Waals surface area (Å²) in [6.45, 7) is 6.29. The predicted molar refractivity (Wildman–Crippen MR) is 190 cm³/mol. The van der Waals surface area contributed by atoms with Crippen LogP contribution < -0.4 is 14.4 Å². The van der Waals surface area contributed by atoms with Crippen molar-refractivity contribution in [2.24, 2.45) is 0 Å². The van der Waals surface area contributed by atoms with E-state index < -0.39 is 28.5 Å². The van der Waals surface area contributed by atoms with Gasteiger partial charge in [0.25, 0.3) is 10.0 Å². The molecule has 0 aliphatic heterocycles. The van der Waals surface area contributed by atoms with E-state index in [0.29, 0.717) is 24.6 Å². The summed E-state index contributed by atoms with van der Waals surface area (Å²) in [4.78, 5) is 30.0. The Morgan fingerprint density at radius 2 is 1.55 bits per heavy atom. The molecule has 0 saturated heterocycles. The van der Waals surface area contributed by atoms with E-state index in [4.69, 9.17) is 4.74 Å². The van der Waals surface area contributed by atoms with Crippen molar-refractivity contribution < 1.29 is 22.7 Å². The Morgan fingerprint density at radius 1 is 0.872 bits per heavy atom. The molecule has 47 heavy (non-hydrogen) atoms. The highest BCUT2D eigenvalue weighted by Crippen LogP contribution is 2.27. The number of nitrogens with zero attached hydrogens (tertiary/aromatic N) is 2. The predicted octanol–water partition coefficient (Wildman–Crippen LogP) is 6.91. The third-order valence-corrected chi connectivity index (χ3v) is 9.95. The first-order valence-electron chi connectivity index (χ1n) is 15.8. The Hall–Kier alpha value is -4.15. The number of aryl methyl sites for hydroxylation is 1. The van der Waals surface area contributed by atoms with Crippen molar-refractivity contribution in [3.8, 4) is 5.75 Å². The SMILES string of the molecule is CCCCNC(=O)[C@@H](Cc1ccccc1)N(Cc1cccc(Br)c1)C(=O)CN(c1ccc(OCC)cc1)S(=O)(=O)c1ccc(C)cc1. The minimum atomic E-state index is -4.19. The van der Waals surface area contributed by atoms with Crippen LogP contribution >= 0.6 is 15.9 Å². The fourth-order valence-corrected chi connectivity index (χ4v) is 6.99. The maximum atomic E-state index is 14.6. The van der Waals surface area contributed by atoms with Gasteiger partial charge in [-0.15, -0.1) is 0 Å². The molecule has 1 atom stereocenters. The van der Waals surface area contributed by atoms with Crippen LogP contribution in [-0.4, -0.2) is 50.9 Å². The molecule has 0 aliphatic carbocycles. The van der Waals surface area contributed by atoms with Crippen LogP contribution in [0.3, 0.4) is 0 Å². The minimum Gasteiger partial charge on any atom is -0.494 e. The molecule has 0 unspecified atom stereocenters. The molecule has 0 fully saturated rings. The molecule has 0 spiro atoms. The maximum Gasteiger partial charge on any atom is 0.264 e. The molecule has 0 bridgehead atoms. The van der Waals surface area contributed by atoms with E-state index in [1.165, 1.54) is 17.0 Å². The van der Waals surface area contributed by atoms with Crippen molar-refractivity contribution >= 4 is 43.5 Å². The Morgan fingerprint density at radius 3 is 2.19 bits per heavy atom. The number of carbonyl (C=O) groups is 2. The lowest BCUT2D eigenvalue weighted by atomic mass is 10.0. The van der Waals surface area contributed by atoms with Crippen molar-refractivity contribution in [1.82, 2.24) is 10.2 Å². The van der Waals surface area contributed by atoms with Crippen molar-refractivity contribution in [2.45, 2.75) is 57.5 Å². The normalized spacial score (nSPS) is 11.8. The van der Waals surface area contributed by atoms with E-state index >= 15 is 0 Å². The summed E-state index contributed by atoms with van der Waals surface area (Å²) in [5.74, 6) is -0.223. The number of carbonyl (C=O) groups excluding carboxylic acids is 2. The number of unbranched alkanes of at least 4 members (excludes halogenated alkanes) is 1. The van der Waals surface area contributed by atoms with Gasteiger partial charge in [0.2, 0.25) is 11.8 Å². The topological polar surface area (TPSA) is 96.0 Å². The lowest BCUT2D eigenvalue weighted by molar-refractivity contribution is -0.140. The van der Waals surface area contributed by atoms with Crippen LogP contribution in [0.15, 0.2) is 112 Å². The van der Waals surface area contributed by atoms with Gasteiger partial charge >= 0.3 is 0 Å². The molecule has 10 heteroatoms. The highest BCUT2D eigenvalue weighted by Gasteiger charge is 2.34. The summed E-state index contributed by atoms with van der Waals surface area (Å²) in [7, 11) is -4.19. The molecule has 8 nitrogen and oxygen atoms in total. The molecule has 4 rings (SSSR count). The number of amides is 2. The zero-order chi connectivity index (χ0) is 33.8. The molecular weight excluding hydrogens is 678 g/mol. The molecule has 4 aromatic rings. The molecule has 0 saturated carbocycles. The monoisotopic (exact) mass is 719 g/mol. The summed E-state index contributed by atoms with van der Waals surface area (Å²) >= 11 is 3.52. The number of hydrogen-bond acceptors (Lipinski definition) is 5. The molecule has 1 N–H and O–H groups in total. The molecular formula is C37H42BrN3O5S. The molecule has 2 amide bonds. The third-order valence-electron chi connectivity index (χ3n) is 7.67. The first-order valence-corrected chi connectivity index (χ1v) is 18.0. The Kier molecular flexibility index (Phi) is 13.0. The van der Waals surface area contributed by atoms with Gasteiger partial charge in [0, 0.05) is 24.0 Å². The number of rotatable bonds is 16. The number of anilines is 1. The summed E-state index contributed by atoms with van der Waals surface area (Å²) in [6, 6.07) is 29.3. The fourth-order valence-electron chi connectivity index (χ4n) is 5.13. The maximum absolute atomic E-state index is 14.6. The van der Waals surface area contributed by atoms with Crippen LogP contribution in [0.1, 0.15) is 43.4 Å². The van der Waals surface area contributed by atoms with Crippen molar-refractivity contribution in [3.05, 3.63) is 124 Å². The van der Waals surface area contributed by atoms with E-state index in [2.05, 4.69) is 21.2 Å². The number of sulfonamides is 1. The van der Waals surface area contributed by atoms with Gasteiger partial charge in [-0.1, -0.05) is 89.4 Å². The molecule has 0 radical (unpaired) electrons. The molecule has 248 valence electrons. The summed E-state index contributed by atoms with van der Waals surface area (Å²) < 4.78 is 36.0. The van der Waals surface area contributed by atoms with Gasteiger partial charge in [-0.3, -0.25) is 13.9 Å². The second kappa shape index (κ2) is 17.1. The fraction of sp³-hybridized carbons (Fsp3) is 0.297. The summed E-state index contributed by atoms with van der Waals surface area (Å²) in [6.07, 6.45) is 1.95. The van der Waals surface area contributed by atoms with Gasteiger partial charge in [-0.25, -0.2) is 8.42 Å². The number of benzene rings is 4. The highest BCUT2D eigenvalue weighted by molar-refractivity contribution is 9.10. The number of hydrogen-bond donors (Lipinski definition) is 1. The van der Waals surface area contributed by atoms with Gasteiger partial charge in [-0.05, 0) is 79.9 Å². The van der Waals surface area contributed by atoms with Crippen molar-refractivity contribution in [2.75, 3.05) is 24.0 Å².